The second kappa shape index (κ2) is 9.45. The van der Waals surface area contributed by atoms with E-state index < -0.39 is 11.8 Å². The average Bonchev–Trinajstić information content (AvgIpc) is 2.72. The van der Waals surface area contributed by atoms with Crippen molar-refractivity contribution < 1.29 is 19.1 Å². The van der Waals surface area contributed by atoms with Gasteiger partial charge in [-0.05, 0) is 49.8 Å². The Balaban J connectivity index is 1.51. The summed E-state index contributed by atoms with van der Waals surface area (Å²) in [7, 11) is 0. The number of nitrogens with zero attached hydrogens (tertiary/aromatic N) is 2. The molecular formula is C20H26N4O4. The molecule has 0 spiro atoms. The number of anilines is 1. The molecule has 1 aromatic carbocycles. The average molecular weight is 386 g/mol. The predicted molar refractivity (Wildman–Crippen MR) is 105 cm³/mol. The highest BCUT2D eigenvalue weighted by Crippen LogP contribution is 2.27. The second-order valence-corrected chi connectivity index (χ2v) is 7.07. The minimum absolute atomic E-state index is 0.0374. The molecule has 28 heavy (non-hydrogen) atoms. The molecule has 3 rings (SSSR count). The molecule has 0 unspecified atom stereocenters. The molecule has 1 saturated heterocycles. The molecule has 0 radical (unpaired) electrons. The maximum atomic E-state index is 12.3. The molecule has 3 amide bonds. The summed E-state index contributed by atoms with van der Waals surface area (Å²) in [5.74, 6) is -1.65. The van der Waals surface area contributed by atoms with Crippen LogP contribution in [0, 0.1) is 0 Å². The highest BCUT2D eigenvalue weighted by atomic mass is 16.5. The lowest BCUT2D eigenvalue weighted by Gasteiger charge is -2.25. The Morgan fingerprint density at radius 1 is 1.14 bits per heavy atom. The summed E-state index contributed by atoms with van der Waals surface area (Å²) >= 11 is 0. The van der Waals surface area contributed by atoms with E-state index in [1.54, 1.807) is 6.92 Å². The summed E-state index contributed by atoms with van der Waals surface area (Å²) < 4.78 is 5.16. The molecular weight excluding hydrogens is 360 g/mol. The second-order valence-electron chi connectivity index (χ2n) is 7.07. The number of fused-ring (bicyclic) bond motifs is 1. The Morgan fingerprint density at radius 2 is 1.89 bits per heavy atom. The molecule has 1 fully saturated rings. The summed E-state index contributed by atoms with van der Waals surface area (Å²) in [6.07, 6.45) is 4.36. The van der Waals surface area contributed by atoms with Crippen molar-refractivity contribution in [2.24, 2.45) is 5.10 Å². The third kappa shape index (κ3) is 5.16. The zero-order valence-corrected chi connectivity index (χ0v) is 16.1. The number of ether oxygens (including phenoxy) is 1. The van der Waals surface area contributed by atoms with E-state index in [4.69, 9.17) is 4.74 Å². The van der Waals surface area contributed by atoms with Crippen molar-refractivity contribution in [3.63, 3.8) is 0 Å². The summed E-state index contributed by atoms with van der Waals surface area (Å²) in [4.78, 5) is 37.7. The van der Waals surface area contributed by atoms with Crippen LogP contribution < -0.4 is 10.7 Å². The third-order valence-electron chi connectivity index (χ3n) is 4.93. The number of rotatable bonds is 4. The number of carbonyl (C=O) groups is 3. The summed E-state index contributed by atoms with van der Waals surface area (Å²) in [5, 5.41) is 6.83. The standard InChI is InChI=1S/C20H26N4O4/c1-14(22-23-19(26)20(27)24-9-11-28-12-10-24)13-18(25)21-17-8-4-6-15-5-2-3-7-16(15)17/h4,6,8H,2-3,5,7,9-13H2,1H3,(H,21,25)(H,23,26)/b22-14+. The van der Waals surface area contributed by atoms with Gasteiger partial charge in [0.2, 0.25) is 5.91 Å². The topological polar surface area (TPSA) is 100 Å². The summed E-state index contributed by atoms with van der Waals surface area (Å²) in [6, 6.07) is 5.98. The quantitative estimate of drug-likeness (QED) is 0.462. The summed E-state index contributed by atoms with van der Waals surface area (Å²) in [6.45, 7) is 3.26. The minimum Gasteiger partial charge on any atom is -0.378 e. The van der Waals surface area contributed by atoms with Gasteiger partial charge in [0.1, 0.15) is 0 Å². The van der Waals surface area contributed by atoms with Crippen molar-refractivity contribution in [3.8, 4) is 0 Å². The Bertz CT molecular complexity index is 784. The monoisotopic (exact) mass is 386 g/mol. The largest absolute Gasteiger partial charge is 0.378 e. The Labute approximate surface area is 164 Å². The first kappa shape index (κ1) is 20.0. The fourth-order valence-electron chi connectivity index (χ4n) is 3.47. The first-order chi connectivity index (χ1) is 13.5. The van der Waals surface area contributed by atoms with Crippen LogP contribution in [-0.4, -0.2) is 54.6 Å². The van der Waals surface area contributed by atoms with Crippen LogP contribution in [0.15, 0.2) is 23.3 Å². The summed E-state index contributed by atoms with van der Waals surface area (Å²) in [5.41, 5.74) is 6.01. The van der Waals surface area contributed by atoms with Gasteiger partial charge in [-0.1, -0.05) is 12.1 Å². The molecule has 1 aromatic rings. The van der Waals surface area contributed by atoms with E-state index in [1.807, 2.05) is 12.1 Å². The van der Waals surface area contributed by atoms with Gasteiger partial charge in [-0.3, -0.25) is 14.4 Å². The zero-order chi connectivity index (χ0) is 19.9. The number of amides is 3. The van der Waals surface area contributed by atoms with Crippen LogP contribution in [0.3, 0.4) is 0 Å². The number of benzene rings is 1. The number of aryl methyl sites for hydroxylation is 1. The third-order valence-corrected chi connectivity index (χ3v) is 4.93. The van der Waals surface area contributed by atoms with Gasteiger partial charge in [-0.2, -0.15) is 5.10 Å². The number of nitrogens with one attached hydrogen (secondary N) is 2. The normalized spacial score (nSPS) is 16.9. The van der Waals surface area contributed by atoms with Crippen LogP contribution in [0.25, 0.3) is 0 Å². The molecule has 8 heteroatoms. The molecule has 1 aliphatic carbocycles. The Kier molecular flexibility index (Phi) is 6.76. The minimum atomic E-state index is -0.807. The van der Waals surface area contributed by atoms with Gasteiger partial charge in [-0.15, -0.1) is 0 Å². The fraction of sp³-hybridized carbons (Fsp3) is 0.500. The predicted octanol–water partition coefficient (Wildman–Crippen LogP) is 1.24. The molecule has 2 aliphatic rings. The van der Waals surface area contributed by atoms with Gasteiger partial charge in [0.15, 0.2) is 0 Å². The van der Waals surface area contributed by atoms with Crippen molar-refractivity contribution >= 4 is 29.1 Å². The maximum Gasteiger partial charge on any atom is 0.329 e. The molecule has 8 nitrogen and oxygen atoms in total. The number of carbonyl (C=O) groups excluding carboxylic acids is 3. The van der Waals surface area contributed by atoms with Crippen LogP contribution in [0.5, 0.6) is 0 Å². The number of morpholine rings is 1. The van der Waals surface area contributed by atoms with Crippen LogP contribution in [0.1, 0.15) is 37.3 Å². The highest BCUT2D eigenvalue weighted by Gasteiger charge is 2.23. The van der Waals surface area contributed by atoms with E-state index in [1.165, 1.54) is 22.4 Å². The Hall–Kier alpha value is -2.74. The van der Waals surface area contributed by atoms with Crippen molar-refractivity contribution in [1.82, 2.24) is 10.3 Å². The molecule has 0 bridgehead atoms. The number of hydrogen-bond acceptors (Lipinski definition) is 5. The van der Waals surface area contributed by atoms with E-state index in [0.29, 0.717) is 32.0 Å². The first-order valence-corrected chi connectivity index (χ1v) is 9.65. The van der Waals surface area contributed by atoms with E-state index in [0.717, 1.165) is 24.9 Å². The van der Waals surface area contributed by atoms with E-state index in [2.05, 4.69) is 21.9 Å². The molecule has 150 valence electrons. The van der Waals surface area contributed by atoms with Crippen molar-refractivity contribution in [1.29, 1.82) is 0 Å². The van der Waals surface area contributed by atoms with Crippen LogP contribution in [0.2, 0.25) is 0 Å². The van der Waals surface area contributed by atoms with Gasteiger partial charge < -0.3 is 15.0 Å². The van der Waals surface area contributed by atoms with Crippen molar-refractivity contribution in [3.05, 3.63) is 29.3 Å². The lowest BCUT2D eigenvalue weighted by Crippen LogP contribution is -2.47. The van der Waals surface area contributed by atoms with Gasteiger partial charge in [0, 0.05) is 24.5 Å². The van der Waals surface area contributed by atoms with Gasteiger partial charge in [0.25, 0.3) is 0 Å². The van der Waals surface area contributed by atoms with Gasteiger partial charge in [0.05, 0.1) is 19.6 Å². The molecule has 0 atom stereocenters. The molecule has 0 saturated carbocycles. The van der Waals surface area contributed by atoms with Crippen molar-refractivity contribution in [2.75, 3.05) is 31.6 Å². The molecule has 1 heterocycles. The number of hydrogen-bond donors (Lipinski definition) is 2. The number of hydrazone groups is 1. The lowest BCUT2D eigenvalue weighted by molar-refractivity contribution is -0.148. The van der Waals surface area contributed by atoms with Crippen LogP contribution in [0.4, 0.5) is 5.69 Å². The smallest absolute Gasteiger partial charge is 0.329 e. The van der Waals surface area contributed by atoms with E-state index >= 15 is 0 Å². The molecule has 2 N–H and O–H groups in total. The highest BCUT2D eigenvalue weighted by molar-refractivity contribution is 6.35. The van der Waals surface area contributed by atoms with Crippen LogP contribution >= 0.6 is 0 Å². The maximum absolute atomic E-state index is 12.3. The zero-order valence-electron chi connectivity index (χ0n) is 16.1. The van der Waals surface area contributed by atoms with Gasteiger partial charge >= 0.3 is 11.8 Å². The molecule has 1 aliphatic heterocycles. The first-order valence-electron chi connectivity index (χ1n) is 9.65. The molecule has 0 aromatic heterocycles. The van der Waals surface area contributed by atoms with E-state index in [9.17, 15) is 14.4 Å². The SMILES string of the molecule is C/C(CC(=O)Nc1cccc2c1CCCC2)=N\NC(=O)C(=O)N1CCOCC1. The van der Waals surface area contributed by atoms with Crippen LogP contribution in [-0.2, 0) is 32.0 Å². The van der Waals surface area contributed by atoms with Gasteiger partial charge in [-0.25, -0.2) is 5.43 Å². The fourth-order valence-corrected chi connectivity index (χ4v) is 3.47. The lowest BCUT2D eigenvalue weighted by atomic mass is 9.90. The Morgan fingerprint density at radius 3 is 2.68 bits per heavy atom. The van der Waals surface area contributed by atoms with Crippen molar-refractivity contribution in [2.45, 2.75) is 39.0 Å². The van der Waals surface area contributed by atoms with E-state index in [-0.39, 0.29) is 12.3 Å².